The highest BCUT2D eigenvalue weighted by atomic mass is 16.5. The van der Waals surface area contributed by atoms with Crippen molar-refractivity contribution in [3.63, 3.8) is 0 Å². The van der Waals surface area contributed by atoms with Gasteiger partial charge >= 0.3 is 12.0 Å². The van der Waals surface area contributed by atoms with E-state index in [1.165, 1.54) is 7.11 Å². The van der Waals surface area contributed by atoms with E-state index in [2.05, 4.69) is 10.1 Å². The van der Waals surface area contributed by atoms with Crippen LogP contribution in [0.5, 0.6) is 0 Å². The molecular weight excluding hydrogens is 210 g/mol. The molecule has 0 heterocycles. The highest BCUT2D eigenvalue weighted by Crippen LogP contribution is 2.16. The Bertz CT molecular complexity index is 406. The zero-order valence-electron chi connectivity index (χ0n) is 8.77. The van der Waals surface area contributed by atoms with Gasteiger partial charge in [-0.15, -0.1) is 0 Å². The van der Waals surface area contributed by atoms with Crippen molar-refractivity contribution in [3.8, 4) is 0 Å². The fraction of sp³-hybridized carbons (Fsp3) is 0.200. The van der Waals surface area contributed by atoms with Gasteiger partial charge in [0.2, 0.25) is 0 Å². The number of anilines is 1. The van der Waals surface area contributed by atoms with Crippen molar-refractivity contribution in [3.05, 3.63) is 29.8 Å². The van der Waals surface area contributed by atoms with Crippen molar-refractivity contribution in [2.45, 2.75) is 6.04 Å². The van der Waals surface area contributed by atoms with Crippen LogP contribution in [0, 0.1) is 0 Å². The number of carbonyl (C=O) groups is 2. The first-order chi connectivity index (χ1) is 7.54. The number of rotatable bonds is 3. The third-order valence-electron chi connectivity index (χ3n) is 1.97. The molecule has 1 rings (SSSR count). The molecule has 0 aromatic heterocycles. The second kappa shape index (κ2) is 5.13. The Morgan fingerprint density at radius 1 is 1.44 bits per heavy atom. The van der Waals surface area contributed by atoms with E-state index in [0.29, 0.717) is 11.3 Å². The lowest BCUT2D eigenvalue weighted by atomic mass is 10.1. The predicted octanol–water partition coefficient (Wildman–Crippen LogP) is 0.350. The Morgan fingerprint density at radius 3 is 2.69 bits per heavy atom. The molecule has 0 saturated carbocycles. The SMILES string of the molecule is COC(=O)C(N)c1cccc(NC(N)=O)c1. The number of benzene rings is 1. The third-order valence-corrected chi connectivity index (χ3v) is 1.97. The molecule has 1 aromatic carbocycles. The first kappa shape index (κ1) is 12.0. The molecule has 0 aliphatic heterocycles. The maximum Gasteiger partial charge on any atom is 0.327 e. The molecule has 0 saturated heterocycles. The summed E-state index contributed by atoms with van der Waals surface area (Å²) in [5, 5.41) is 2.39. The highest BCUT2D eigenvalue weighted by molar-refractivity contribution is 5.88. The number of methoxy groups -OCH3 is 1. The average Bonchev–Trinajstić information content (AvgIpc) is 2.26. The number of esters is 1. The van der Waals surface area contributed by atoms with Gasteiger partial charge in [0.25, 0.3) is 0 Å². The van der Waals surface area contributed by atoms with Gasteiger partial charge in [0.1, 0.15) is 6.04 Å². The van der Waals surface area contributed by atoms with Crippen molar-refractivity contribution >= 4 is 17.7 Å². The molecule has 1 unspecified atom stereocenters. The van der Waals surface area contributed by atoms with E-state index in [9.17, 15) is 9.59 Å². The number of primary amides is 1. The first-order valence-corrected chi connectivity index (χ1v) is 4.54. The normalized spacial score (nSPS) is 11.6. The van der Waals surface area contributed by atoms with Crippen molar-refractivity contribution in [2.24, 2.45) is 11.5 Å². The minimum absolute atomic E-state index is 0.476. The molecule has 6 heteroatoms. The zero-order chi connectivity index (χ0) is 12.1. The Balaban J connectivity index is 2.89. The monoisotopic (exact) mass is 223 g/mol. The molecule has 0 fully saturated rings. The van der Waals surface area contributed by atoms with Crippen LogP contribution in [0.4, 0.5) is 10.5 Å². The van der Waals surface area contributed by atoms with E-state index in [1.54, 1.807) is 24.3 Å². The van der Waals surface area contributed by atoms with Crippen LogP contribution in [0.15, 0.2) is 24.3 Å². The molecule has 5 N–H and O–H groups in total. The number of hydrogen-bond acceptors (Lipinski definition) is 4. The average molecular weight is 223 g/mol. The van der Waals surface area contributed by atoms with Gasteiger partial charge in [-0.2, -0.15) is 0 Å². The molecule has 0 radical (unpaired) electrons. The quantitative estimate of drug-likeness (QED) is 0.642. The Hall–Kier alpha value is -2.08. The minimum Gasteiger partial charge on any atom is -0.468 e. The van der Waals surface area contributed by atoms with Crippen LogP contribution in [0.3, 0.4) is 0 Å². The van der Waals surface area contributed by atoms with Crippen molar-refractivity contribution < 1.29 is 14.3 Å². The second-order valence-electron chi connectivity index (χ2n) is 3.12. The van der Waals surface area contributed by atoms with Gasteiger partial charge in [0.15, 0.2) is 0 Å². The van der Waals surface area contributed by atoms with Crippen LogP contribution in [-0.4, -0.2) is 19.1 Å². The number of hydrogen-bond donors (Lipinski definition) is 3. The molecule has 0 aliphatic carbocycles. The van der Waals surface area contributed by atoms with Crippen molar-refractivity contribution in [1.29, 1.82) is 0 Å². The fourth-order valence-electron chi connectivity index (χ4n) is 1.22. The summed E-state index contributed by atoms with van der Waals surface area (Å²) in [5.74, 6) is -0.545. The molecule has 1 atom stereocenters. The second-order valence-corrected chi connectivity index (χ2v) is 3.12. The van der Waals surface area contributed by atoms with Gasteiger partial charge in [-0.1, -0.05) is 12.1 Å². The molecule has 2 amide bonds. The number of carbonyl (C=O) groups excluding carboxylic acids is 2. The maximum absolute atomic E-state index is 11.2. The Labute approximate surface area is 92.6 Å². The number of urea groups is 1. The maximum atomic E-state index is 11.2. The van der Waals surface area contributed by atoms with Crippen LogP contribution >= 0.6 is 0 Å². The Morgan fingerprint density at radius 2 is 2.12 bits per heavy atom. The van der Waals surface area contributed by atoms with E-state index in [-0.39, 0.29) is 0 Å². The summed E-state index contributed by atoms with van der Waals surface area (Å²) >= 11 is 0. The van der Waals surface area contributed by atoms with E-state index in [0.717, 1.165) is 0 Å². The lowest BCUT2D eigenvalue weighted by molar-refractivity contribution is -0.142. The summed E-state index contributed by atoms with van der Waals surface area (Å²) in [5.41, 5.74) is 11.6. The highest BCUT2D eigenvalue weighted by Gasteiger charge is 2.16. The largest absolute Gasteiger partial charge is 0.468 e. The van der Waals surface area contributed by atoms with Crippen LogP contribution in [0.2, 0.25) is 0 Å². The van der Waals surface area contributed by atoms with Crippen LogP contribution < -0.4 is 16.8 Å². The number of amides is 2. The molecule has 0 spiro atoms. The van der Waals surface area contributed by atoms with Crippen LogP contribution in [0.25, 0.3) is 0 Å². The molecule has 16 heavy (non-hydrogen) atoms. The number of nitrogens with two attached hydrogens (primary N) is 2. The summed E-state index contributed by atoms with van der Waals surface area (Å²) in [4.78, 5) is 21.8. The summed E-state index contributed by atoms with van der Waals surface area (Å²) in [6.07, 6.45) is 0. The lowest BCUT2D eigenvalue weighted by Gasteiger charge is -2.10. The summed E-state index contributed by atoms with van der Waals surface area (Å²) in [7, 11) is 1.26. The molecule has 6 nitrogen and oxygen atoms in total. The number of nitrogens with one attached hydrogen (secondary N) is 1. The smallest absolute Gasteiger partial charge is 0.327 e. The lowest BCUT2D eigenvalue weighted by Crippen LogP contribution is -2.23. The number of ether oxygens (including phenoxy) is 1. The van der Waals surface area contributed by atoms with Gasteiger partial charge in [-0.25, -0.2) is 4.79 Å². The fourth-order valence-corrected chi connectivity index (χ4v) is 1.22. The molecule has 0 aliphatic rings. The van der Waals surface area contributed by atoms with Crippen molar-refractivity contribution in [2.75, 3.05) is 12.4 Å². The minimum atomic E-state index is -0.875. The molecular formula is C10H13N3O3. The molecule has 0 bridgehead atoms. The van der Waals surface area contributed by atoms with Gasteiger partial charge in [-0.3, -0.25) is 4.79 Å². The van der Waals surface area contributed by atoms with Crippen molar-refractivity contribution in [1.82, 2.24) is 0 Å². The summed E-state index contributed by atoms with van der Waals surface area (Å²) in [6.45, 7) is 0. The topological polar surface area (TPSA) is 107 Å². The van der Waals surface area contributed by atoms with Gasteiger partial charge in [0, 0.05) is 5.69 Å². The van der Waals surface area contributed by atoms with Crippen LogP contribution in [-0.2, 0) is 9.53 Å². The Kier molecular flexibility index (Phi) is 3.84. The first-order valence-electron chi connectivity index (χ1n) is 4.54. The predicted molar refractivity (Wildman–Crippen MR) is 58.6 cm³/mol. The third kappa shape index (κ3) is 2.96. The molecule has 86 valence electrons. The van der Waals surface area contributed by atoms with E-state index >= 15 is 0 Å². The van der Waals surface area contributed by atoms with Gasteiger partial charge in [0.05, 0.1) is 7.11 Å². The molecule has 1 aromatic rings. The summed E-state index contributed by atoms with van der Waals surface area (Å²) in [6, 6.07) is 4.96. The van der Waals surface area contributed by atoms with Crippen LogP contribution in [0.1, 0.15) is 11.6 Å². The zero-order valence-corrected chi connectivity index (χ0v) is 8.77. The van der Waals surface area contributed by atoms with E-state index in [4.69, 9.17) is 11.5 Å². The standard InChI is InChI=1S/C10H13N3O3/c1-16-9(14)8(11)6-3-2-4-7(5-6)13-10(12)15/h2-5,8H,11H2,1H3,(H3,12,13,15). The summed E-state index contributed by atoms with van der Waals surface area (Å²) < 4.78 is 4.51. The van der Waals surface area contributed by atoms with E-state index < -0.39 is 18.0 Å². The van der Waals surface area contributed by atoms with Gasteiger partial charge < -0.3 is 21.5 Å². The van der Waals surface area contributed by atoms with E-state index in [1.807, 2.05) is 0 Å². The van der Waals surface area contributed by atoms with Gasteiger partial charge in [-0.05, 0) is 17.7 Å².